The molecule has 0 saturated heterocycles. The topological polar surface area (TPSA) is 17.1 Å². The molecule has 1 radical (unpaired) electrons. The minimum atomic E-state index is 0.123. The SMILES string of the molecule is CC(C)/C=C/C1[CH]CCC1=O. The molecule has 1 nitrogen and oxygen atoms in total. The van der Waals surface area contributed by atoms with Crippen LogP contribution in [0.4, 0.5) is 0 Å². The molecule has 0 heterocycles. The van der Waals surface area contributed by atoms with Gasteiger partial charge in [-0.3, -0.25) is 4.79 Å². The van der Waals surface area contributed by atoms with Gasteiger partial charge in [0.25, 0.3) is 0 Å². The Balaban J connectivity index is 2.42. The van der Waals surface area contributed by atoms with Gasteiger partial charge in [0.15, 0.2) is 0 Å². The van der Waals surface area contributed by atoms with Gasteiger partial charge >= 0.3 is 0 Å². The molecule has 1 heteroatoms. The van der Waals surface area contributed by atoms with Crippen LogP contribution >= 0.6 is 0 Å². The van der Waals surface area contributed by atoms with E-state index in [-0.39, 0.29) is 5.92 Å². The van der Waals surface area contributed by atoms with Gasteiger partial charge in [0.2, 0.25) is 0 Å². The fraction of sp³-hybridized carbons (Fsp3) is 0.600. The normalized spacial score (nSPS) is 25.7. The van der Waals surface area contributed by atoms with Crippen LogP contribution in [-0.4, -0.2) is 5.78 Å². The largest absolute Gasteiger partial charge is 0.299 e. The second-order valence-electron chi connectivity index (χ2n) is 3.40. The highest BCUT2D eigenvalue weighted by Crippen LogP contribution is 2.21. The lowest BCUT2D eigenvalue weighted by Gasteiger charge is -1.99. The molecule has 1 unspecified atom stereocenters. The minimum absolute atomic E-state index is 0.123. The van der Waals surface area contributed by atoms with Crippen LogP contribution in [0.5, 0.6) is 0 Å². The van der Waals surface area contributed by atoms with Crippen LogP contribution in [0.25, 0.3) is 0 Å². The van der Waals surface area contributed by atoms with Gasteiger partial charge in [-0.1, -0.05) is 26.0 Å². The van der Waals surface area contributed by atoms with E-state index in [1.165, 1.54) is 0 Å². The average molecular weight is 151 g/mol. The lowest BCUT2D eigenvalue weighted by Crippen LogP contribution is -2.02. The highest BCUT2D eigenvalue weighted by molar-refractivity contribution is 5.86. The van der Waals surface area contributed by atoms with Crippen LogP contribution in [0.15, 0.2) is 12.2 Å². The van der Waals surface area contributed by atoms with Gasteiger partial charge in [-0.25, -0.2) is 0 Å². The molecule has 61 valence electrons. The minimum Gasteiger partial charge on any atom is -0.299 e. The maximum Gasteiger partial charge on any atom is 0.140 e. The van der Waals surface area contributed by atoms with Crippen molar-refractivity contribution in [3.05, 3.63) is 18.6 Å². The fourth-order valence-corrected chi connectivity index (χ4v) is 1.23. The Bertz CT molecular complexity index is 168. The number of allylic oxidation sites excluding steroid dienone is 2. The summed E-state index contributed by atoms with van der Waals surface area (Å²) >= 11 is 0. The molecule has 1 saturated carbocycles. The molecule has 0 aromatic rings. The van der Waals surface area contributed by atoms with E-state index in [0.29, 0.717) is 11.7 Å². The Morgan fingerprint density at radius 2 is 2.36 bits per heavy atom. The first-order valence-corrected chi connectivity index (χ1v) is 4.24. The quantitative estimate of drug-likeness (QED) is 0.554. The predicted octanol–water partition coefficient (Wildman–Crippen LogP) is 2.38. The summed E-state index contributed by atoms with van der Waals surface area (Å²) in [7, 11) is 0. The molecule has 0 aromatic carbocycles. The van der Waals surface area contributed by atoms with Gasteiger partial charge in [-0.05, 0) is 18.8 Å². The van der Waals surface area contributed by atoms with Crippen molar-refractivity contribution >= 4 is 5.78 Å². The van der Waals surface area contributed by atoms with Gasteiger partial charge in [0.05, 0.1) is 0 Å². The van der Waals surface area contributed by atoms with Crippen molar-refractivity contribution in [2.75, 3.05) is 0 Å². The number of hydrogen-bond donors (Lipinski definition) is 0. The number of carbonyl (C=O) groups excluding carboxylic acids is 1. The van der Waals surface area contributed by atoms with Crippen molar-refractivity contribution in [2.45, 2.75) is 26.7 Å². The summed E-state index contributed by atoms with van der Waals surface area (Å²) < 4.78 is 0. The Labute approximate surface area is 68.5 Å². The van der Waals surface area contributed by atoms with E-state index in [0.717, 1.165) is 12.8 Å². The Hall–Kier alpha value is -0.590. The van der Waals surface area contributed by atoms with Crippen molar-refractivity contribution in [3.63, 3.8) is 0 Å². The number of rotatable bonds is 2. The van der Waals surface area contributed by atoms with Crippen LogP contribution < -0.4 is 0 Å². The van der Waals surface area contributed by atoms with Crippen LogP contribution in [0.1, 0.15) is 26.7 Å². The molecule has 0 aliphatic heterocycles. The monoisotopic (exact) mass is 151 g/mol. The maximum absolute atomic E-state index is 11.1. The van der Waals surface area contributed by atoms with Crippen LogP contribution in [0.3, 0.4) is 0 Å². The molecular weight excluding hydrogens is 136 g/mol. The summed E-state index contributed by atoms with van der Waals surface area (Å²) in [6, 6.07) is 0. The van der Waals surface area contributed by atoms with Crippen molar-refractivity contribution in [3.8, 4) is 0 Å². The second kappa shape index (κ2) is 3.70. The van der Waals surface area contributed by atoms with E-state index in [9.17, 15) is 4.79 Å². The Morgan fingerprint density at radius 3 is 2.82 bits per heavy atom. The molecule has 0 N–H and O–H groups in total. The van der Waals surface area contributed by atoms with Gasteiger partial charge in [-0.15, -0.1) is 0 Å². The van der Waals surface area contributed by atoms with Crippen LogP contribution in [0, 0.1) is 18.3 Å². The first-order valence-electron chi connectivity index (χ1n) is 4.24. The number of Topliss-reactive ketones (excluding diaryl/α,β-unsaturated/α-hetero) is 1. The van der Waals surface area contributed by atoms with E-state index in [1.54, 1.807) is 0 Å². The predicted molar refractivity (Wildman–Crippen MR) is 46.0 cm³/mol. The van der Waals surface area contributed by atoms with Crippen molar-refractivity contribution in [1.29, 1.82) is 0 Å². The molecule has 0 amide bonds. The molecule has 0 spiro atoms. The number of hydrogen-bond acceptors (Lipinski definition) is 1. The molecular formula is C10H15O. The van der Waals surface area contributed by atoms with E-state index < -0.39 is 0 Å². The zero-order valence-electron chi connectivity index (χ0n) is 7.21. The Morgan fingerprint density at radius 1 is 1.64 bits per heavy atom. The third kappa shape index (κ3) is 2.49. The van der Waals surface area contributed by atoms with Gasteiger partial charge < -0.3 is 0 Å². The first kappa shape index (κ1) is 8.51. The van der Waals surface area contributed by atoms with Gasteiger partial charge in [0, 0.05) is 12.3 Å². The summed E-state index contributed by atoms with van der Waals surface area (Å²) in [5, 5.41) is 0. The van der Waals surface area contributed by atoms with E-state index in [4.69, 9.17) is 0 Å². The van der Waals surface area contributed by atoms with Crippen molar-refractivity contribution in [2.24, 2.45) is 11.8 Å². The van der Waals surface area contributed by atoms with E-state index >= 15 is 0 Å². The molecule has 0 bridgehead atoms. The first-order chi connectivity index (χ1) is 5.20. The molecule has 1 rings (SSSR count). The van der Waals surface area contributed by atoms with Crippen molar-refractivity contribution < 1.29 is 4.79 Å². The highest BCUT2D eigenvalue weighted by Gasteiger charge is 2.21. The molecule has 0 aromatic heterocycles. The summed E-state index contributed by atoms with van der Waals surface area (Å²) in [6.45, 7) is 4.24. The molecule has 1 atom stereocenters. The summed E-state index contributed by atoms with van der Waals surface area (Å²) in [6.07, 6.45) is 7.94. The van der Waals surface area contributed by atoms with Crippen molar-refractivity contribution in [1.82, 2.24) is 0 Å². The third-order valence-electron chi connectivity index (χ3n) is 1.89. The lowest BCUT2D eigenvalue weighted by molar-refractivity contribution is -0.119. The third-order valence-corrected chi connectivity index (χ3v) is 1.89. The lowest BCUT2D eigenvalue weighted by atomic mass is 10.0. The van der Waals surface area contributed by atoms with E-state index in [1.807, 2.05) is 6.08 Å². The van der Waals surface area contributed by atoms with Crippen LogP contribution in [-0.2, 0) is 4.79 Å². The smallest absolute Gasteiger partial charge is 0.140 e. The zero-order chi connectivity index (χ0) is 8.27. The van der Waals surface area contributed by atoms with Crippen LogP contribution in [0.2, 0.25) is 0 Å². The standard InChI is InChI=1S/C10H15O/c1-8(2)6-7-9-4-3-5-10(9)11/h4,6-9H,3,5H2,1-2H3/b7-6+. The molecule has 1 aliphatic rings. The zero-order valence-corrected chi connectivity index (χ0v) is 7.21. The van der Waals surface area contributed by atoms with E-state index in [2.05, 4.69) is 26.3 Å². The number of carbonyl (C=O) groups is 1. The average Bonchev–Trinajstić information content (AvgIpc) is 2.31. The number of ketones is 1. The molecule has 1 aliphatic carbocycles. The Kier molecular flexibility index (Phi) is 2.86. The molecule has 11 heavy (non-hydrogen) atoms. The second-order valence-corrected chi connectivity index (χ2v) is 3.40. The molecule has 1 fully saturated rings. The summed E-state index contributed by atoms with van der Waals surface area (Å²) in [4.78, 5) is 11.1. The van der Waals surface area contributed by atoms with Gasteiger partial charge in [0.1, 0.15) is 5.78 Å². The van der Waals surface area contributed by atoms with Gasteiger partial charge in [-0.2, -0.15) is 0 Å². The maximum atomic E-state index is 11.1. The fourth-order valence-electron chi connectivity index (χ4n) is 1.23. The highest BCUT2D eigenvalue weighted by atomic mass is 16.1. The summed E-state index contributed by atoms with van der Waals surface area (Å²) in [5.74, 6) is 1.05. The summed E-state index contributed by atoms with van der Waals surface area (Å²) in [5.41, 5.74) is 0.